The Balaban J connectivity index is 1.33. The van der Waals surface area contributed by atoms with Gasteiger partial charge < -0.3 is 29.6 Å². The van der Waals surface area contributed by atoms with Crippen molar-refractivity contribution in [2.24, 2.45) is 0 Å². The third-order valence-corrected chi connectivity index (χ3v) is 7.71. The quantitative estimate of drug-likeness (QED) is 0.196. The molecule has 10 nitrogen and oxygen atoms in total. The fraction of sp³-hybridized carbons (Fsp3) is 0.375. The van der Waals surface area contributed by atoms with Crippen LogP contribution in [0.1, 0.15) is 39.2 Å². The number of nitrogens with one attached hydrogen (secondary N) is 2. The standard InChI is InChI=1S/C32H35FN4O6S/c1-32(2,3)43-31(39)34-11-12-41-13-14-42-26-17-20(33)8-9-21(26)29-30-22(10-15-44-30)28(36-37-29)23-18-24-19(16-25(23)40-4)6-5-7-27(38)35-24/h8-10,15-18H,5-7,11-14H2,1-4H3,(H,34,39)(H,35,38). The predicted octanol–water partition coefficient (Wildman–Crippen LogP) is 6.37. The lowest BCUT2D eigenvalue weighted by Crippen LogP contribution is -2.34. The van der Waals surface area contributed by atoms with E-state index in [4.69, 9.17) is 18.9 Å². The Morgan fingerprint density at radius 3 is 2.64 bits per heavy atom. The van der Waals surface area contributed by atoms with Crippen LogP contribution in [-0.4, -0.2) is 61.3 Å². The molecule has 0 aliphatic carbocycles. The molecule has 0 unspecified atom stereocenters. The first-order valence-corrected chi connectivity index (χ1v) is 15.2. The number of nitrogens with zero attached hydrogens (tertiary/aromatic N) is 2. The van der Waals surface area contributed by atoms with Crippen molar-refractivity contribution in [2.75, 3.05) is 38.8 Å². The van der Waals surface area contributed by atoms with Crippen LogP contribution in [0.15, 0.2) is 41.8 Å². The fourth-order valence-corrected chi connectivity index (χ4v) is 5.76. The minimum Gasteiger partial charge on any atom is -0.496 e. The van der Waals surface area contributed by atoms with Crippen molar-refractivity contribution >= 4 is 39.1 Å². The minimum atomic E-state index is -0.576. The molecule has 4 aromatic rings. The Morgan fingerprint density at radius 2 is 1.84 bits per heavy atom. The maximum atomic E-state index is 14.3. The number of benzene rings is 2. The van der Waals surface area contributed by atoms with Gasteiger partial charge in [0, 0.05) is 41.2 Å². The number of carbonyl (C=O) groups is 2. The highest BCUT2D eigenvalue weighted by Gasteiger charge is 2.22. The highest BCUT2D eigenvalue weighted by atomic mass is 32.1. The number of hydrogen-bond acceptors (Lipinski definition) is 9. The number of rotatable bonds is 10. The van der Waals surface area contributed by atoms with Gasteiger partial charge in [0.2, 0.25) is 5.91 Å². The van der Waals surface area contributed by atoms with Gasteiger partial charge in [-0.3, -0.25) is 4.79 Å². The molecule has 0 fully saturated rings. The average molecular weight is 623 g/mol. The van der Waals surface area contributed by atoms with Gasteiger partial charge in [-0.2, -0.15) is 0 Å². The molecule has 0 saturated carbocycles. The monoisotopic (exact) mass is 622 g/mol. The number of amides is 2. The maximum absolute atomic E-state index is 14.3. The second kappa shape index (κ2) is 13.6. The molecule has 0 saturated heterocycles. The lowest BCUT2D eigenvalue weighted by atomic mass is 10.00. The van der Waals surface area contributed by atoms with Crippen molar-refractivity contribution in [3.63, 3.8) is 0 Å². The molecular formula is C32H35FN4O6S. The molecule has 0 atom stereocenters. The molecule has 232 valence electrons. The number of thiophene rings is 1. The zero-order valence-corrected chi connectivity index (χ0v) is 25.9. The molecule has 0 bridgehead atoms. The van der Waals surface area contributed by atoms with Crippen LogP contribution in [0.3, 0.4) is 0 Å². The van der Waals surface area contributed by atoms with E-state index in [0.29, 0.717) is 40.4 Å². The minimum absolute atomic E-state index is 0.0197. The number of alkyl carbamates (subject to hydrolysis) is 1. The third-order valence-electron chi connectivity index (χ3n) is 6.79. The molecule has 2 amide bonds. The normalized spacial score (nSPS) is 13.2. The number of aromatic nitrogens is 2. The first-order valence-electron chi connectivity index (χ1n) is 14.4. The first kappa shape index (κ1) is 31.1. The molecule has 2 N–H and O–H groups in total. The summed E-state index contributed by atoms with van der Waals surface area (Å²) in [7, 11) is 1.61. The van der Waals surface area contributed by atoms with E-state index in [1.807, 2.05) is 23.6 Å². The van der Waals surface area contributed by atoms with Crippen LogP contribution in [0.5, 0.6) is 11.5 Å². The lowest BCUT2D eigenvalue weighted by molar-refractivity contribution is -0.116. The van der Waals surface area contributed by atoms with Crippen LogP contribution in [0.2, 0.25) is 0 Å². The van der Waals surface area contributed by atoms with Crippen molar-refractivity contribution in [1.82, 2.24) is 15.5 Å². The van der Waals surface area contributed by atoms with Gasteiger partial charge in [0.15, 0.2) is 0 Å². The number of methoxy groups -OCH3 is 1. The molecule has 1 aliphatic rings. The first-order chi connectivity index (χ1) is 21.1. The molecule has 5 rings (SSSR count). The second-order valence-corrected chi connectivity index (χ2v) is 12.1. The van der Waals surface area contributed by atoms with Gasteiger partial charge in [0.05, 0.1) is 25.0 Å². The molecule has 0 spiro atoms. The Morgan fingerprint density at radius 1 is 1.02 bits per heavy atom. The predicted molar refractivity (Wildman–Crippen MR) is 167 cm³/mol. The van der Waals surface area contributed by atoms with Gasteiger partial charge >= 0.3 is 6.09 Å². The summed E-state index contributed by atoms with van der Waals surface area (Å²) in [5.74, 6) is 0.479. The zero-order valence-electron chi connectivity index (χ0n) is 25.1. The number of ether oxygens (including phenoxy) is 4. The summed E-state index contributed by atoms with van der Waals surface area (Å²) in [6, 6.07) is 10.1. The van der Waals surface area contributed by atoms with Crippen LogP contribution < -0.4 is 20.1 Å². The molecule has 1 aliphatic heterocycles. The van der Waals surface area contributed by atoms with Crippen molar-refractivity contribution in [3.8, 4) is 34.0 Å². The van der Waals surface area contributed by atoms with E-state index in [9.17, 15) is 14.0 Å². The topological polar surface area (TPSA) is 121 Å². The van der Waals surface area contributed by atoms with Crippen LogP contribution >= 0.6 is 11.3 Å². The van der Waals surface area contributed by atoms with Crippen LogP contribution in [0, 0.1) is 5.82 Å². The Hall–Kier alpha value is -4.29. The van der Waals surface area contributed by atoms with E-state index in [1.165, 1.54) is 23.5 Å². The summed E-state index contributed by atoms with van der Waals surface area (Å²) in [6.07, 6.45) is 1.49. The SMILES string of the molecule is COc1cc2c(cc1-c1nnc(-c3ccc(F)cc3OCCOCCNC(=O)OC(C)(C)C)c3sccc13)NC(=O)CCC2. The second-order valence-electron chi connectivity index (χ2n) is 11.2. The zero-order chi connectivity index (χ0) is 31.3. The Bertz CT molecular complexity index is 1670. The lowest BCUT2D eigenvalue weighted by Gasteiger charge is -2.19. The Kier molecular flexibility index (Phi) is 9.60. The summed E-state index contributed by atoms with van der Waals surface area (Å²) < 4.78 is 37.6. The van der Waals surface area contributed by atoms with Gasteiger partial charge in [0.1, 0.15) is 40.9 Å². The smallest absolute Gasteiger partial charge is 0.407 e. The van der Waals surface area contributed by atoms with Crippen molar-refractivity contribution < 1.29 is 32.9 Å². The van der Waals surface area contributed by atoms with Crippen molar-refractivity contribution in [1.29, 1.82) is 0 Å². The summed E-state index contributed by atoms with van der Waals surface area (Å²) in [5, 5.41) is 17.6. The van der Waals surface area contributed by atoms with Crippen LogP contribution in [0.4, 0.5) is 14.9 Å². The van der Waals surface area contributed by atoms with Gasteiger partial charge in [0.25, 0.3) is 0 Å². The maximum Gasteiger partial charge on any atom is 0.407 e. The van der Waals surface area contributed by atoms with Gasteiger partial charge in [-0.15, -0.1) is 21.5 Å². The number of carbonyl (C=O) groups excluding carboxylic acids is 2. The molecule has 2 aromatic heterocycles. The summed E-state index contributed by atoms with van der Waals surface area (Å²) in [5.41, 5.74) is 3.65. The van der Waals surface area contributed by atoms with Gasteiger partial charge in [-0.1, -0.05) is 0 Å². The molecule has 0 radical (unpaired) electrons. The molecular weight excluding hydrogens is 587 g/mol. The number of halogens is 1. The van der Waals surface area contributed by atoms with E-state index in [0.717, 1.165) is 34.2 Å². The summed E-state index contributed by atoms with van der Waals surface area (Å²) in [6.45, 7) is 6.29. The molecule has 2 aromatic carbocycles. The highest BCUT2D eigenvalue weighted by molar-refractivity contribution is 7.17. The summed E-state index contributed by atoms with van der Waals surface area (Å²) >= 11 is 1.49. The van der Waals surface area contributed by atoms with Crippen LogP contribution in [-0.2, 0) is 20.7 Å². The number of aryl methyl sites for hydroxylation is 1. The summed E-state index contributed by atoms with van der Waals surface area (Å²) in [4.78, 5) is 24.0. The van der Waals surface area contributed by atoms with E-state index >= 15 is 0 Å². The van der Waals surface area contributed by atoms with Crippen LogP contribution in [0.25, 0.3) is 32.6 Å². The molecule has 12 heteroatoms. The average Bonchev–Trinajstić information content (AvgIpc) is 3.39. The van der Waals surface area contributed by atoms with Crippen molar-refractivity contribution in [2.45, 2.75) is 45.6 Å². The number of hydrogen-bond donors (Lipinski definition) is 2. The number of anilines is 1. The fourth-order valence-electron chi connectivity index (χ4n) is 4.87. The highest BCUT2D eigenvalue weighted by Crippen LogP contribution is 2.43. The van der Waals surface area contributed by atoms with E-state index < -0.39 is 17.5 Å². The third kappa shape index (κ3) is 7.43. The van der Waals surface area contributed by atoms with E-state index in [-0.39, 0.29) is 32.3 Å². The van der Waals surface area contributed by atoms with Gasteiger partial charge in [-0.25, -0.2) is 9.18 Å². The van der Waals surface area contributed by atoms with E-state index in [1.54, 1.807) is 33.9 Å². The number of fused-ring (bicyclic) bond motifs is 2. The van der Waals surface area contributed by atoms with E-state index in [2.05, 4.69) is 20.8 Å². The largest absolute Gasteiger partial charge is 0.496 e. The van der Waals surface area contributed by atoms with Crippen molar-refractivity contribution in [3.05, 3.63) is 53.2 Å². The van der Waals surface area contributed by atoms with Gasteiger partial charge in [-0.05, 0) is 74.9 Å². The molecule has 3 heterocycles. The Labute approximate surface area is 258 Å². The molecule has 44 heavy (non-hydrogen) atoms.